The van der Waals surface area contributed by atoms with Crippen molar-refractivity contribution in [3.8, 4) is 11.4 Å². The van der Waals surface area contributed by atoms with E-state index in [9.17, 15) is 14.4 Å². The molecule has 166 valence electrons. The highest BCUT2D eigenvalue weighted by atomic mass is 16.5. The lowest BCUT2D eigenvalue weighted by Gasteiger charge is -2.09. The van der Waals surface area contributed by atoms with Crippen molar-refractivity contribution in [1.29, 1.82) is 0 Å². The van der Waals surface area contributed by atoms with Gasteiger partial charge in [-0.05, 0) is 56.2 Å². The van der Waals surface area contributed by atoms with Gasteiger partial charge in [-0.3, -0.25) is 10.1 Å². The monoisotopic (exact) mass is 436 g/mol. The van der Waals surface area contributed by atoms with E-state index < -0.39 is 24.5 Å². The molecule has 0 saturated heterocycles. The molecule has 1 heterocycles. The molecule has 3 aromatic rings. The minimum atomic E-state index is -0.688. The molecule has 0 fully saturated rings. The number of aryl methyl sites for hydroxylation is 2. The summed E-state index contributed by atoms with van der Waals surface area (Å²) in [4.78, 5) is 36.5. The van der Waals surface area contributed by atoms with Crippen LogP contribution >= 0.6 is 0 Å². The third-order valence-electron chi connectivity index (χ3n) is 4.55. The van der Waals surface area contributed by atoms with Gasteiger partial charge in [0.15, 0.2) is 12.4 Å². The van der Waals surface area contributed by atoms with Crippen LogP contribution in [0.5, 0.6) is 5.75 Å². The topological polar surface area (TPSA) is 112 Å². The molecular weight excluding hydrogens is 412 g/mol. The molecule has 9 nitrogen and oxygen atoms in total. The van der Waals surface area contributed by atoms with Crippen molar-refractivity contribution < 1.29 is 23.9 Å². The Balaban J connectivity index is 1.65. The summed E-state index contributed by atoms with van der Waals surface area (Å²) in [5.41, 5.74) is 3.30. The van der Waals surface area contributed by atoms with Gasteiger partial charge in [-0.25, -0.2) is 14.3 Å². The second-order valence-corrected chi connectivity index (χ2v) is 6.93. The van der Waals surface area contributed by atoms with E-state index in [1.54, 1.807) is 31.2 Å². The number of para-hydroxylation sites is 1. The van der Waals surface area contributed by atoms with E-state index in [0.29, 0.717) is 11.4 Å². The predicted molar refractivity (Wildman–Crippen MR) is 118 cm³/mol. The third kappa shape index (κ3) is 5.72. The lowest BCUT2D eigenvalue weighted by Crippen LogP contribution is -2.37. The van der Waals surface area contributed by atoms with E-state index in [-0.39, 0.29) is 18.1 Å². The Morgan fingerprint density at radius 3 is 2.47 bits per heavy atom. The number of ether oxygens (including phenoxy) is 2. The number of esters is 1. The number of benzene rings is 2. The summed E-state index contributed by atoms with van der Waals surface area (Å²) in [6.07, 6.45) is 1.48. The number of aromatic nitrogens is 2. The molecule has 3 rings (SSSR count). The highest BCUT2D eigenvalue weighted by Gasteiger charge is 2.21. The summed E-state index contributed by atoms with van der Waals surface area (Å²) in [5, 5.41) is 9.00. The second-order valence-electron chi connectivity index (χ2n) is 6.93. The minimum Gasteiger partial charge on any atom is -0.480 e. The standard InChI is InChI=1S/C23H24N4O5/c1-4-31-22(29)21-19(13-27(26-21)18-8-6-5-7-9-18)32-14-20(28)25-23(30)24-17-11-10-15(2)16(3)12-17/h5-13H,4,14H2,1-3H3,(H2,24,25,28,30). The van der Waals surface area contributed by atoms with Crippen LogP contribution in [0.1, 0.15) is 28.5 Å². The van der Waals surface area contributed by atoms with Gasteiger partial charge in [0.2, 0.25) is 5.69 Å². The second kappa shape index (κ2) is 10.3. The number of hydrogen-bond acceptors (Lipinski definition) is 6. The highest BCUT2D eigenvalue weighted by molar-refractivity contribution is 6.01. The molecule has 1 aromatic heterocycles. The number of carbonyl (C=O) groups is 3. The Morgan fingerprint density at radius 1 is 1.03 bits per heavy atom. The quantitative estimate of drug-likeness (QED) is 0.549. The van der Waals surface area contributed by atoms with E-state index in [1.807, 2.05) is 38.1 Å². The van der Waals surface area contributed by atoms with E-state index in [1.165, 1.54) is 10.9 Å². The van der Waals surface area contributed by atoms with Crippen molar-refractivity contribution in [3.63, 3.8) is 0 Å². The number of rotatable bonds is 7. The summed E-state index contributed by atoms with van der Waals surface area (Å²) in [6, 6.07) is 13.8. The smallest absolute Gasteiger partial charge is 0.362 e. The number of amides is 3. The lowest BCUT2D eigenvalue weighted by molar-refractivity contribution is -0.121. The molecule has 0 aliphatic rings. The van der Waals surface area contributed by atoms with Crippen molar-refractivity contribution >= 4 is 23.6 Å². The molecular formula is C23H24N4O5. The number of urea groups is 1. The third-order valence-corrected chi connectivity index (χ3v) is 4.55. The zero-order valence-electron chi connectivity index (χ0n) is 18.0. The molecule has 0 radical (unpaired) electrons. The molecule has 9 heteroatoms. The molecule has 3 amide bonds. The average molecular weight is 436 g/mol. The average Bonchev–Trinajstić information content (AvgIpc) is 3.20. The Morgan fingerprint density at radius 2 is 1.78 bits per heavy atom. The van der Waals surface area contributed by atoms with Crippen LogP contribution in [0.4, 0.5) is 10.5 Å². The number of hydrogen-bond donors (Lipinski definition) is 2. The Labute approximate surface area is 185 Å². The van der Waals surface area contributed by atoms with Crippen LogP contribution in [0.3, 0.4) is 0 Å². The maximum Gasteiger partial charge on any atom is 0.362 e. The summed E-state index contributed by atoms with van der Waals surface area (Å²) in [5.74, 6) is -1.30. The molecule has 0 atom stereocenters. The van der Waals surface area contributed by atoms with Crippen molar-refractivity contribution in [3.05, 3.63) is 71.5 Å². The lowest BCUT2D eigenvalue weighted by atomic mass is 10.1. The van der Waals surface area contributed by atoms with E-state index in [4.69, 9.17) is 9.47 Å². The van der Waals surface area contributed by atoms with Crippen LogP contribution < -0.4 is 15.4 Å². The fourth-order valence-electron chi connectivity index (χ4n) is 2.81. The molecule has 0 aliphatic heterocycles. The Hall–Kier alpha value is -4.14. The maximum atomic E-state index is 12.2. The summed E-state index contributed by atoms with van der Waals surface area (Å²) in [6.45, 7) is 5.23. The largest absolute Gasteiger partial charge is 0.480 e. The molecule has 0 bridgehead atoms. The van der Waals surface area contributed by atoms with Crippen LogP contribution in [-0.2, 0) is 9.53 Å². The van der Waals surface area contributed by atoms with Gasteiger partial charge in [0, 0.05) is 5.69 Å². The van der Waals surface area contributed by atoms with Gasteiger partial charge in [-0.1, -0.05) is 24.3 Å². The summed E-state index contributed by atoms with van der Waals surface area (Å²) < 4.78 is 11.9. The van der Waals surface area contributed by atoms with E-state index in [2.05, 4.69) is 15.7 Å². The van der Waals surface area contributed by atoms with Gasteiger partial charge < -0.3 is 14.8 Å². The van der Waals surface area contributed by atoms with Gasteiger partial charge in [-0.2, -0.15) is 5.10 Å². The molecule has 32 heavy (non-hydrogen) atoms. The zero-order chi connectivity index (χ0) is 23.1. The first kappa shape index (κ1) is 22.5. The molecule has 0 unspecified atom stereocenters. The van der Waals surface area contributed by atoms with E-state index in [0.717, 1.165) is 11.1 Å². The molecule has 0 spiro atoms. The normalized spacial score (nSPS) is 10.3. The van der Waals surface area contributed by atoms with Gasteiger partial charge in [-0.15, -0.1) is 0 Å². The van der Waals surface area contributed by atoms with Crippen LogP contribution in [0.25, 0.3) is 5.69 Å². The molecule has 0 saturated carbocycles. The fraction of sp³-hybridized carbons (Fsp3) is 0.217. The zero-order valence-corrected chi connectivity index (χ0v) is 18.0. The van der Waals surface area contributed by atoms with E-state index >= 15 is 0 Å². The summed E-state index contributed by atoms with van der Waals surface area (Å²) >= 11 is 0. The Bertz CT molecular complexity index is 1120. The molecule has 2 N–H and O–H groups in total. The number of nitrogens with one attached hydrogen (secondary N) is 2. The van der Waals surface area contributed by atoms with Gasteiger partial charge in [0.1, 0.15) is 0 Å². The molecule has 0 aliphatic carbocycles. The SMILES string of the molecule is CCOC(=O)c1nn(-c2ccccc2)cc1OCC(=O)NC(=O)Nc1ccc(C)c(C)c1. The van der Waals surface area contributed by atoms with Gasteiger partial charge >= 0.3 is 12.0 Å². The number of nitrogens with zero attached hydrogens (tertiary/aromatic N) is 2. The van der Waals surface area contributed by atoms with Crippen LogP contribution in [-0.4, -0.2) is 40.9 Å². The van der Waals surface area contributed by atoms with Crippen molar-refractivity contribution in [2.75, 3.05) is 18.5 Å². The van der Waals surface area contributed by atoms with Crippen LogP contribution in [0, 0.1) is 13.8 Å². The number of anilines is 1. The first-order chi connectivity index (χ1) is 15.4. The number of carbonyl (C=O) groups excluding carboxylic acids is 3. The fourth-order valence-corrected chi connectivity index (χ4v) is 2.81. The minimum absolute atomic E-state index is 0.0666. The first-order valence-electron chi connectivity index (χ1n) is 10.0. The Kier molecular flexibility index (Phi) is 7.22. The summed E-state index contributed by atoms with van der Waals surface area (Å²) in [7, 11) is 0. The predicted octanol–water partition coefficient (Wildman–Crippen LogP) is 3.39. The van der Waals surface area contributed by atoms with Crippen LogP contribution in [0.15, 0.2) is 54.7 Å². The maximum absolute atomic E-state index is 12.2. The highest BCUT2D eigenvalue weighted by Crippen LogP contribution is 2.21. The van der Waals surface area contributed by atoms with Crippen molar-refractivity contribution in [1.82, 2.24) is 15.1 Å². The van der Waals surface area contributed by atoms with Gasteiger partial charge in [0.05, 0.1) is 18.5 Å². The van der Waals surface area contributed by atoms with Crippen LogP contribution in [0.2, 0.25) is 0 Å². The van der Waals surface area contributed by atoms with Crippen molar-refractivity contribution in [2.45, 2.75) is 20.8 Å². The first-order valence-corrected chi connectivity index (χ1v) is 10.0. The molecule has 2 aromatic carbocycles. The van der Waals surface area contributed by atoms with Crippen molar-refractivity contribution in [2.24, 2.45) is 0 Å². The van der Waals surface area contributed by atoms with Gasteiger partial charge in [0.25, 0.3) is 5.91 Å². The number of imide groups is 1.